The molecule has 2 rings (SSSR count). The number of hydrogen-bond donors (Lipinski definition) is 0. The molecule has 2 aromatic rings. The normalized spacial score (nSPS) is 12.7. The number of nitrogens with zero attached hydrogens (tertiary/aromatic N) is 2. The molecule has 106 valence electrons. The van der Waals surface area contributed by atoms with Crippen molar-refractivity contribution in [2.75, 3.05) is 0 Å². The molecule has 0 unspecified atom stereocenters. The SMILES string of the molecule is CC(C)c1nnc(S[C@H](C)C(=O)c2ccc(Br)cc2)o1. The molecule has 0 aliphatic carbocycles. The molecule has 0 saturated carbocycles. The van der Waals surface area contributed by atoms with Gasteiger partial charge in [-0.3, -0.25) is 4.79 Å². The number of Topliss-reactive ketones (excluding diaryl/α,β-unsaturated/α-hetero) is 1. The van der Waals surface area contributed by atoms with Gasteiger partial charge in [-0.05, 0) is 19.1 Å². The molecule has 0 saturated heterocycles. The van der Waals surface area contributed by atoms with E-state index >= 15 is 0 Å². The first-order valence-electron chi connectivity index (χ1n) is 6.27. The standard InChI is InChI=1S/C14H15BrN2O2S/c1-8(2)13-16-17-14(19-13)20-9(3)12(18)10-4-6-11(15)7-5-10/h4-9H,1-3H3/t9-/m1/s1. The number of rotatable bonds is 5. The molecule has 0 aliphatic heterocycles. The highest BCUT2D eigenvalue weighted by atomic mass is 79.9. The lowest BCUT2D eigenvalue weighted by Crippen LogP contribution is -2.13. The van der Waals surface area contributed by atoms with Crippen LogP contribution in [-0.4, -0.2) is 21.2 Å². The Kier molecular flexibility index (Phi) is 4.99. The van der Waals surface area contributed by atoms with E-state index in [9.17, 15) is 4.79 Å². The number of ketones is 1. The van der Waals surface area contributed by atoms with Crippen LogP contribution >= 0.6 is 27.7 Å². The van der Waals surface area contributed by atoms with Gasteiger partial charge in [0.1, 0.15) is 0 Å². The minimum atomic E-state index is -0.267. The Morgan fingerprint density at radius 3 is 2.40 bits per heavy atom. The van der Waals surface area contributed by atoms with Crippen LogP contribution in [0.15, 0.2) is 38.4 Å². The van der Waals surface area contributed by atoms with Gasteiger partial charge in [-0.15, -0.1) is 10.2 Å². The Morgan fingerprint density at radius 2 is 1.85 bits per heavy atom. The molecule has 1 aromatic heterocycles. The molecule has 0 aliphatic rings. The fourth-order valence-corrected chi connectivity index (χ4v) is 2.59. The van der Waals surface area contributed by atoms with Gasteiger partial charge in [0.05, 0.1) is 5.25 Å². The van der Waals surface area contributed by atoms with Gasteiger partial charge >= 0.3 is 0 Å². The van der Waals surface area contributed by atoms with E-state index in [2.05, 4.69) is 26.1 Å². The van der Waals surface area contributed by atoms with Crippen LogP contribution in [0.4, 0.5) is 0 Å². The zero-order valence-electron chi connectivity index (χ0n) is 11.5. The molecule has 6 heteroatoms. The summed E-state index contributed by atoms with van der Waals surface area (Å²) in [5.41, 5.74) is 0.678. The summed E-state index contributed by atoms with van der Waals surface area (Å²) in [7, 11) is 0. The molecule has 20 heavy (non-hydrogen) atoms. The van der Waals surface area contributed by atoms with Gasteiger partial charge in [0.2, 0.25) is 5.89 Å². The molecular weight excluding hydrogens is 340 g/mol. The van der Waals surface area contributed by atoms with Crippen molar-refractivity contribution in [2.24, 2.45) is 0 Å². The van der Waals surface area contributed by atoms with Crippen molar-refractivity contribution in [3.05, 3.63) is 40.2 Å². The summed E-state index contributed by atoms with van der Waals surface area (Å²) in [6.07, 6.45) is 0. The highest BCUT2D eigenvalue weighted by Gasteiger charge is 2.20. The third-order valence-corrected chi connectivity index (χ3v) is 4.15. The van der Waals surface area contributed by atoms with Crippen LogP contribution < -0.4 is 0 Å². The number of thioether (sulfide) groups is 1. The van der Waals surface area contributed by atoms with Crippen molar-refractivity contribution >= 4 is 33.5 Å². The van der Waals surface area contributed by atoms with E-state index in [4.69, 9.17) is 4.42 Å². The van der Waals surface area contributed by atoms with Crippen molar-refractivity contribution in [2.45, 2.75) is 37.2 Å². The molecule has 4 nitrogen and oxygen atoms in total. The predicted molar refractivity (Wildman–Crippen MR) is 82.2 cm³/mol. The summed E-state index contributed by atoms with van der Waals surface area (Å²) in [5, 5.41) is 8.08. The lowest BCUT2D eigenvalue weighted by molar-refractivity contribution is 0.0993. The highest BCUT2D eigenvalue weighted by molar-refractivity contribution is 9.10. The molecule has 0 radical (unpaired) electrons. The molecule has 0 spiro atoms. The van der Waals surface area contributed by atoms with E-state index in [0.717, 1.165) is 4.47 Å². The number of carbonyl (C=O) groups excluding carboxylic acids is 1. The van der Waals surface area contributed by atoms with Crippen molar-refractivity contribution < 1.29 is 9.21 Å². The maximum atomic E-state index is 12.3. The Morgan fingerprint density at radius 1 is 1.20 bits per heavy atom. The molecule has 1 atom stereocenters. The van der Waals surface area contributed by atoms with Gasteiger partial charge in [0, 0.05) is 16.0 Å². The predicted octanol–water partition coefficient (Wildman–Crippen LogP) is 4.32. The van der Waals surface area contributed by atoms with Crippen molar-refractivity contribution in [1.82, 2.24) is 10.2 Å². The molecule has 0 fully saturated rings. The third-order valence-electron chi connectivity index (χ3n) is 2.69. The average molecular weight is 355 g/mol. The lowest BCUT2D eigenvalue weighted by atomic mass is 10.1. The quantitative estimate of drug-likeness (QED) is 0.591. The third kappa shape index (κ3) is 3.70. The number of aromatic nitrogens is 2. The number of halogens is 1. The summed E-state index contributed by atoms with van der Waals surface area (Å²) in [6, 6.07) is 7.32. The minimum Gasteiger partial charge on any atom is -0.416 e. The van der Waals surface area contributed by atoms with E-state index in [1.807, 2.05) is 32.9 Å². The van der Waals surface area contributed by atoms with Crippen molar-refractivity contribution in [3.8, 4) is 0 Å². The first-order valence-corrected chi connectivity index (χ1v) is 7.94. The van der Waals surface area contributed by atoms with E-state index in [-0.39, 0.29) is 17.0 Å². The van der Waals surface area contributed by atoms with Gasteiger partial charge in [-0.2, -0.15) is 0 Å². The Balaban J connectivity index is 2.05. The topological polar surface area (TPSA) is 56.0 Å². The number of hydrogen-bond acceptors (Lipinski definition) is 5. The zero-order valence-corrected chi connectivity index (χ0v) is 13.9. The van der Waals surface area contributed by atoms with Gasteiger partial charge < -0.3 is 4.42 Å². The molecule has 0 bridgehead atoms. The van der Waals surface area contributed by atoms with Crippen LogP contribution in [0.1, 0.15) is 42.9 Å². The van der Waals surface area contributed by atoms with Crippen molar-refractivity contribution in [1.29, 1.82) is 0 Å². The van der Waals surface area contributed by atoms with Crippen LogP contribution in [0, 0.1) is 0 Å². The van der Waals surface area contributed by atoms with Crippen LogP contribution in [-0.2, 0) is 0 Å². The molecule has 1 aromatic carbocycles. The Hall–Kier alpha value is -1.14. The van der Waals surface area contributed by atoms with Gasteiger partial charge in [0.25, 0.3) is 5.22 Å². The largest absolute Gasteiger partial charge is 0.416 e. The molecular formula is C14H15BrN2O2S. The summed E-state index contributed by atoms with van der Waals surface area (Å²) in [5.74, 6) is 0.830. The monoisotopic (exact) mass is 354 g/mol. The highest BCUT2D eigenvalue weighted by Crippen LogP contribution is 2.26. The number of carbonyl (C=O) groups is 1. The Bertz CT molecular complexity index is 595. The lowest BCUT2D eigenvalue weighted by Gasteiger charge is -2.07. The first kappa shape index (κ1) is 15.3. The molecule has 0 N–H and O–H groups in total. The molecule has 1 heterocycles. The first-order chi connectivity index (χ1) is 9.47. The summed E-state index contributed by atoms with van der Waals surface area (Å²) < 4.78 is 6.45. The van der Waals surface area contributed by atoms with E-state index < -0.39 is 0 Å². The van der Waals surface area contributed by atoms with Gasteiger partial charge in [-0.1, -0.05) is 53.7 Å². The van der Waals surface area contributed by atoms with E-state index in [1.165, 1.54) is 11.8 Å². The van der Waals surface area contributed by atoms with Gasteiger partial charge in [0.15, 0.2) is 5.78 Å². The fraction of sp³-hybridized carbons (Fsp3) is 0.357. The summed E-state index contributed by atoms with van der Waals surface area (Å²) in [4.78, 5) is 12.3. The maximum absolute atomic E-state index is 12.3. The second-order valence-corrected chi connectivity index (χ2v) is 6.90. The second kappa shape index (κ2) is 6.54. The maximum Gasteiger partial charge on any atom is 0.277 e. The summed E-state index contributed by atoms with van der Waals surface area (Å²) >= 11 is 4.64. The van der Waals surface area contributed by atoms with Crippen LogP contribution in [0.3, 0.4) is 0 Å². The fourth-order valence-electron chi connectivity index (χ4n) is 1.55. The van der Waals surface area contributed by atoms with Gasteiger partial charge in [-0.25, -0.2) is 0 Å². The van der Waals surface area contributed by atoms with Crippen molar-refractivity contribution in [3.63, 3.8) is 0 Å². The molecule has 0 amide bonds. The average Bonchev–Trinajstić information content (AvgIpc) is 2.87. The van der Waals surface area contributed by atoms with E-state index in [0.29, 0.717) is 16.7 Å². The summed E-state index contributed by atoms with van der Waals surface area (Å²) in [6.45, 7) is 5.81. The second-order valence-electron chi connectivity index (χ2n) is 4.69. The van der Waals surface area contributed by atoms with Crippen LogP contribution in [0.2, 0.25) is 0 Å². The Labute approximate surface area is 130 Å². The number of benzene rings is 1. The minimum absolute atomic E-state index is 0.0480. The smallest absolute Gasteiger partial charge is 0.277 e. The van der Waals surface area contributed by atoms with Crippen LogP contribution in [0.5, 0.6) is 0 Å². The van der Waals surface area contributed by atoms with Crippen LogP contribution in [0.25, 0.3) is 0 Å². The zero-order chi connectivity index (χ0) is 14.7. The van der Waals surface area contributed by atoms with E-state index in [1.54, 1.807) is 12.1 Å².